The van der Waals surface area contributed by atoms with Crippen LogP contribution in [-0.4, -0.2) is 6.98 Å². The number of hydrogen-bond acceptors (Lipinski definition) is 1. The molecule has 1 nitrogen and oxygen atoms in total. The van der Waals surface area contributed by atoms with Crippen LogP contribution in [0, 0.1) is 11.3 Å². The van der Waals surface area contributed by atoms with Crippen molar-refractivity contribution in [1.82, 2.24) is 0 Å². The van der Waals surface area contributed by atoms with Crippen LogP contribution >= 0.6 is 0 Å². The van der Waals surface area contributed by atoms with Crippen LogP contribution in [0.1, 0.15) is 25.7 Å². The molecule has 0 saturated carbocycles. The molecule has 0 heterocycles. The lowest BCUT2D eigenvalue weighted by Gasteiger charge is -2.11. The van der Waals surface area contributed by atoms with Gasteiger partial charge < -0.3 is 12.9 Å². The van der Waals surface area contributed by atoms with Crippen molar-refractivity contribution in [1.29, 1.82) is 5.26 Å². The third-order valence-electron chi connectivity index (χ3n) is 1.32. The Kier molecular flexibility index (Phi) is 4.76. The van der Waals surface area contributed by atoms with Gasteiger partial charge in [-0.15, -0.1) is 0 Å². The molecule has 0 rings (SSSR count). The zero-order chi connectivity index (χ0) is 8.74. The zero-order valence-corrected chi connectivity index (χ0v) is 6.19. The van der Waals surface area contributed by atoms with Gasteiger partial charge in [-0.1, -0.05) is 19.2 Å². The van der Waals surface area contributed by atoms with Gasteiger partial charge in [0.15, 0.2) is 0 Å². The fourth-order valence-electron chi connectivity index (χ4n) is 0.757. The van der Waals surface area contributed by atoms with Gasteiger partial charge in [0.2, 0.25) is 0 Å². The van der Waals surface area contributed by atoms with Crippen LogP contribution in [0.2, 0.25) is 6.32 Å². The highest BCUT2D eigenvalue weighted by Crippen LogP contribution is 2.18. The monoisotopic (exact) mass is 164 g/mol. The second-order valence-electron chi connectivity index (χ2n) is 2.47. The zero-order valence-electron chi connectivity index (χ0n) is 6.19. The molecule has 0 aliphatic carbocycles. The summed E-state index contributed by atoms with van der Waals surface area (Å²) in [4.78, 5) is 0. The molecular weight excluding hydrogens is 154 g/mol. The number of rotatable bonds is 5. The lowest BCUT2D eigenvalue weighted by Crippen LogP contribution is -2.13. The third kappa shape index (κ3) is 9.34. The molecule has 11 heavy (non-hydrogen) atoms. The molecule has 0 aromatic rings. The molecule has 0 spiro atoms. The molecule has 0 radical (unpaired) electrons. The maximum absolute atomic E-state index is 11.6. The van der Waals surface area contributed by atoms with E-state index in [1.807, 2.05) is 6.07 Å². The second kappa shape index (κ2) is 5.06. The van der Waals surface area contributed by atoms with Gasteiger partial charge in [-0.2, -0.15) is 5.26 Å². The highest BCUT2D eigenvalue weighted by Gasteiger charge is 2.21. The summed E-state index contributed by atoms with van der Waals surface area (Å²) in [7, 11) is 0. The Morgan fingerprint density at radius 1 is 1.09 bits per heavy atom. The van der Waals surface area contributed by atoms with E-state index in [-0.39, 0.29) is 6.42 Å². The van der Waals surface area contributed by atoms with Crippen molar-refractivity contribution in [2.24, 2.45) is 0 Å². The van der Waals surface area contributed by atoms with E-state index in [1.165, 1.54) is 0 Å². The molecule has 0 aromatic heterocycles. The smallest absolute Gasteiger partial charge is 0.449 e. The van der Waals surface area contributed by atoms with Gasteiger partial charge in [0.1, 0.15) is 0 Å². The number of unbranched alkanes of at least 4 members (excludes halogenated alkanes) is 3. The molecule has 0 aliphatic rings. The van der Waals surface area contributed by atoms with Crippen LogP contribution < -0.4 is 0 Å². The van der Waals surface area contributed by atoms with E-state index in [0.717, 1.165) is 0 Å². The van der Waals surface area contributed by atoms with Crippen molar-refractivity contribution in [2.45, 2.75) is 32.0 Å². The van der Waals surface area contributed by atoms with E-state index >= 15 is 0 Å². The van der Waals surface area contributed by atoms with Gasteiger partial charge in [-0.25, -0.2) is 0 Å². The van der Waals surface area contributed by atoms with Crippen molar-refractivity contribution in [3.8, 4) is 6.07 Å². The maximum atomic E-state index is 11.6. The van der Waals surface area contributed by atoms with Crippen LogP contribution in [0.25, 0.3) is 0 Å². The first-order chi connectivity index (χ1) is 5.06. The van der Waals surface area contributed by atoms with Crippen LogP contribution in [-0.2, 0) is 0 Å². The lowest BCUT2D eigenvalue weighted by molar-refractivity contribution is 0.460. The largest absolute Gasteiger partial charge is 0.478 e. The Balaban J connectivity index is 3.10. The summed E-state index contributed by atoms with van der Waals surface area (Å²) in [5, 5.41) is 8.06. The molecule has 0 saturated heterocycles. The third-order valence-corrected chi connectivity index (χ3v) is 1.32. The highest BCUT2D eigenvalue weighted by atomic mass is 19.4. The molecule has 0 aromatic carbocycles. The molecular formula is C6H10BF3N-. The standard InChI is InChI=1S/C6H10BF3N/c8-7(9,10)5-3-1-2-4-6-11/h1-5H2/q-1. The summed E-state index contributed by atoms with van der Waals surface area (Å²) in [6.45, 7) is -4.60. The maximum Gasteiger partial charge on any atom is 0.478 e. The predicted molar refractivity (Wildman–Crippen MR) is 38.0 cm³/mol. The number of nitrogens with zero attached hydrogens (tertiary/aromatic N) is 1. The van der Waals surface area contributed by atoms with E-state index in [0.29, 0.717) is 19.3 Å². The van der Waals surface area contributed by atoms with Gasteiger partial charge in [-0.05, 0) is 6.42 Å². The molecule has 0 N–H and O–H groups in total. The van der Waals surface area contributed by atoms with Gasteiger partial charge >= 0.3 is 6.98 Å². The molecule has 5 heteroatoms. The van der Waals surface area contributed by atoms with Crippen LogP contribution in [0.15, 0.2) is 0 Å². The summed E-state index contributed by atoms with van der Waals surface area (Å²) < 4.78 is 34.7. The van der Waals surface area contributed by atoms with Crippen LogP contribution in [0.5, 0.6) is 0 Å². The Labute approximate surface area is 64.3 Å². The minimum atomic E-state index is -4.60. The number of hydrogen-bond donors (Lipinski definition) is 0. The molecule has 0 atom stereocenters. The topological polar surface area (TPSA) is 23.8 Å². The first kappa shape index (κ1) is 10.3. The first-order valence-electron chi connectivity index (χ1n) is 3.64. The summed E-state index contributed by atoms with van der Waals surface area (Å²) in [6.07, 6.45) is 0.971. The first-order valence-corrected chi connectivity index (χ1v) is 3.64. The normalized spacial score (nSPS) is 11.1. The van der Waals surface area contributed by atoms with Crippen molar-refractivity contribution in [2.75, 3.05) is 0 Å². The highest BCUT2D eigenvalue weighted by molar-refractivity contribution is 6.58. The van der Waals surface area contributed by atoms with Crippen LogP contribution in [0.4, 0.5) is 12.9 Å². The summed E-state index contributed by atoms with van der Waals surface area (Å²) in [6, 6.07) is 1.89. The second-order valence-corrected chi connectivity index (χ2v) is 2.47. The van der Waals surface area contributed by atoms with Crippen molar-refractivity contribution >= 4 is 6.98 Å². The van der Waals surface area contributed by atoms with E-state index in [1.54, 1.807) is 0 Å². The molecule has 0 amide bonds. The molecule has 64 valence electrons. The molecule has 0 fully saturated rings. The quantitative estimate of drug-likeness (QED) is 0.452. The molecule has 0 bridgehead atoms. The Hall–Kier alpha value is -0.655. The minimum absolute atomic E-state index is 0.172. The summed E-state index contributed by atoms with van der Waals surface area (Å²) in [5.74, 6) is 0. The average molecular weight is 164 g/mol. The average Bonchev–Trinajstić information content (AvgIpc) is 1.85. The fourth-order valence-corrected chi connectivity index (χ4v) is 0.757. The van der Waals surface area contributed by atoms with Crippen molar-refractivity contribution < 1.29 is 12.9 Å². The van der Waals surface area contributed by atoms with Gasteiger partial charge in [0, 0.05) is 6.42 Å². The van der Waals surface area contributed by atoms with Crippen molar-refractivity contribution in [3.63, 3.8) is 0 Å². The number of halogens is 3. The summed E-state index contributed by atoms with van der Waals surface area (Å²) in [5.41, 5.74) is 0. The Morgan fingerprint density at radius 2 is 1.73 bits per heavy atom. The SMILES string of the molecule is N#CCCCCC[B-](F)(F)F. The van der Waals surface area contributed by atoms with Crippen molar-refractivity contribution in [3.05, 3.63) is 0 Å². The lowest BCUT2D eigenvalue weighted by atomic mass is 9.83. The molecule has 0 aliphatic heterocycles. The van der Waals surface area contributed by atoms with Gasteiger partial charge in [0.25, 0.3) is 0 Å². The fraction of sp³-hybridized carbons (Fsp3) is 0.833. The predicted octanol–water partition coefficient (Wildman–Crippen LogP) is 2.92. The van der Waals surface area contributed by atoms with Gasteiger partial charge in [-0.3, -0.25) is 0 Å². The Morgan fingerprint density at radius 3 is 2.18 bits per heavy atom. The Bertz CT molecular complexity index is 138. The van der Waals surface area contributed by atoms with E-state index < -0.39 is 13.3 Å². The van der Waals surface area contributed by atoms with E-state index in [4.69, 9.17) is 5.26 Å². The van der Waals surface area contributed by atoms with E-state index in [2.05, 4.69) is 0 Å². The number of nitriles is 1. The van der Waals surface area contributed by atoms with E-state index in [9.17, 15) is 12.9 Å². The molecule has 0 unspecified atom stereocenters. The van der Waals surface area contributed by atoms with Crippen LogP contribution in [0.3, 0.4) is 0 Å². The van der Waals surface area contributed by atoms with Gasteiger partial charge in [0.05, 0.1) is 6.07 Å². The minimum Gasteiger partial charge on any atom is -0.449 e. The summed E-state index contributed by atoms with van der Waals surface area (Å²) >= 11 is 0.